The first kappa shape index (κ1) is 12.8. The van der Waals surface area contributed by atoms with Crippen molar-refractivity contribution >= 4 is 17.7 Å². The Labute approximate surface area is 84.3 Å². The highest BCUT2D eigenvalue weighted by Crippen LogP contribution is 2.03. The van der Waals surface area contributed by atoms with E-state index in [-0.39, 0.29) is 12.5 Å². The van der Waals surface area contributed by atoms with Crippen LogP contribution in [0.1, 0.15) is 20.3 Å². The lowest BCUT2D eigenvalue weighted by Gasteiger charge is -2.15. The molecule has 0 rings (SSSR count). The zero-order chi connectivity index (χ0) is 10.3. The third kappa shape index (κ3) is 8.12. The maximum Gasteiger partial charge on any atom is 0.304 e. The van der Waals surface area contributed by atoms with Crippen LogP contribution >= 0.6 is 11.8 Å². The van der Waals surface area contributed by atoms with Gasteiger partial charge < -0.3 is 10.4 Å². The number of hydrogen-bond acceptors (Lipinski definition) is 3. The maximum atomic E-state index is 10.3. The first-order chi connectivity index (χ1) is 6.06. The van der Waals surface area contributed by atoms with Crippen molar-refractivity contribution < 1.29 is 9.90 Å². The maximum absolute atomic E-state index is 10.3. The van der Waals surface area contributed by atoms with Crippen LogP contribution in [-0.4, -0.2) is 35.7 Å². The van der Waals surface area contributed by atoms with E-state index in [0.29, 0.717) is 5.92 Å². The van der Waals surface area contributed by atoms with Crippen LogP contribution < -0.4 is 5.32 Å². The van der Waals surface area contributed by atoms with Gasteiger partial charge in [0, 0.05) is 6.04 Å². The fourth-order valence-corrected chi connectivity index (χ4v) is 1.77. The first-order valence-electron chi connectivity index (χ1n) is 4.50. The quantitative estimate of drug-likeness (QED) is 0.660. The summed E-state index contributed by atoms with van der Waals surface area (Å²) in [7, 11) is 0. The highest BCUT2D eigenvalue weighted by atomic mass is 32.2. The summed E-state index contributed by atoms with van der Waals surface area (Å²) in [5, 5.41) is 11.7. The van der Waals surface area contributed by atoms with Gasteiger partial charge in [0.2, 0.25) is 0 Å². The number of thioether (sulfide) groups is 1. The summed E-state index contributed by atoms with van der Waals surface area (Å²) < 4.78 is 0. The molecule has 4 heteroatoms. The fourth-order valence-electron chi connectivity index (χ4n) is 1.08. The van der Waals surface area contributed by atoms with Crippen LogP contribution in [0.3, 0.4) is 0 Å². The monoisotopic (exact) mass is 205 g/mol. The van der Waals surface area contributed by atoms with Gasteiger partial charge in [-0.05, 0) is 31.4 Å². The topological polar surface area (TPSA) is 49.3 Å². The van der Waals surface area contributed by atoms with Gasteiger partial charge in [-0.1, -0.05) is 6.92 Å². The zero-order valence-corrected chi connectivity index (χ0v) is 9.36. The average Bonchev–Trinajstić information content (AvgIpc) is 2.00. The van der Waals surface area contributed by atoms with E-state index in [1.807, 2.05) is 18.7 Å². The summed E-state index contributed by atoms with van der Waals surface area (Å²) in [5.41, 5.74) is 0. The average molecular weight is 205 g/mol. The van der Waals surface area contributed by atoms with Gasteiger partial charge in [0.15, 0.2) is 0 Å². The van der Waals surface area contributed by atoms with E-state index in [4.69, 9.17) is 5.11 Å². The summed E-state index contributed by atoms with van der Waals surface area (Å²) in [5.74, 6) is 0.982. The molecule has 0 bridgehead atoms. The van der Waals surface area contributed by atoms with Gasteiger partial charge >= 0.3 is 5.97 Å². The molecule has 0 fully saturated rings. The first-order valence-corrected chi connectivity index (χ1v) is 5.89. The molecule has 2 atom stereocenters. The van der Waals surface area contributed by atoms with Gasteiger partial charge in [-0.2, -0.15) is 11.8 Å². The van der Waals surface area contributed by atoms with Crippen LogP contribution in [0.25, 0.3) is 0 Å². The van der Waals surface area contributed by atoms with Crippen LogP contribution in [0.2, 0.25) is 0 Å². The SMILES string of the molecule is CSCC(C)CNC(C)CC(=O)O. The Hall–Kier alpha value is -0.220. The van der Waals surface area contributed by atoms with Crippen LogP contribution in [0, 0.1) is 5.92 Å². The summed E-state index contributed by atoms with van der Waals surface area (Å²) in [6.45, 7) is 4.96. The molecule has 0 aromatic rings. The number of aliphatic carboxylic acids is 1. The lowest BCUT2D eigenvalue weighted by Crippen LogP contribution is -2.32. The Balaban J connectivity index is 3.45. The second kappa shape index (κ2) is 7.21. The predicted molar refractivity (Wildman–Crippen MR) is 57.3 cm³/mol. The molecular formula is C9H19NO2S. The molecule has 0 aromatic heterocycles. The molecule has 0 aliphatic rings. The van der Waals surface area contributed by atoms with E-state index in [0.717, 1.165) is 12.3 Å². The molecule has 2 N–H and O–H groups in total. The van der Waals surface area contributed by atoms with Crippen molar-refractivity contribution in [1.82, 2.24) is 5.32 Å². The Morgan fingerprint density at radius 2 is 2.15 bits per heavy atom. The van der Waals surface area contributed by atoms with Crippen molar-refractivity contribution in [2.45, 2.75) is 26.3 Å². The molecule has 0 aliphatic carbocycles. The molecular weight excluding hydrogens is 186 g/mol. The van der Waals surface area contributed by atoms with E-state index in [1.54, 1.807) is 0 Å². The standard InChI is InChI=1S/C9H19NO2S/c1-7(6-13-3)5-10-8(2)4-9(11)12/h7-8,10H,4-6H2,1-3H3,(H,11,12). The Morgan fingerprint density at radius 3 is 2.62 bits per heavy atom. The number of rotatable bonds is 7. The minimum Gasteiger partial charge on any atom is -0.481 e. The lowest BCUT2D eigenvalue weighted by molar-refractivity contribution is -0.137. The Kier molecular flexibility index (Phi) is 7.09. The molecule has 0 amide bonds. The molecule has 0 saturated heterocycles. The van der Waals surface area contributed by atoms with Crippen molar-refractivity contribution in [3.05, 3.63) is 0 Å². The van der Waals surface area contributed by atoms with Gasteiger partial charge in [0.05, 0.1) is 6.42 Å². The number of carboxylic acids is 1. The summed E-state index contributed by atoms with van der Waals surface area (Å²) in [6, 6.07) is 0.0711. The highest BCUT2D eigenvalue weighted by molar-refractivity contribution is 7.98. The van der Waals surface area contributed by atoms with Gasteiger partial charge in [-0.25, -0.2) is 0 Å². The van der Waals surface area contributed by atoms with Gasteiger partial charge in [-0.15, -0.1) is 0 Å². The van der Waals surface area contributed by atoms with Gasteiger partial charge in [0.1, 0.15) is 0 Å². The molecule has 3 nitrogen and oxygen atoms in total. The van der Waals surface area contributed by atoms with Crippen molar-refractivity contribution in [1.29, 1.82) is 0 Å². The van der Waals surface area contributed by atoms with E-state index in [1.165, 1.54) is 0 Å². The van der Waals surface area contributed by atoms with E-state index in [9.17, 15) is 4.79 Å². The second-order valence-corrected chi connectivity index (χ2v) is 4.38. The summed E-state index contributed by atoms with van der Waals surface area (Å²) in [4.78, 5) is 10.3. The van der Waals surface area contributed by atoms with E-state index in [2.05, 4.69) is 18.5 Å². The van der Waals surface area contributed by atoms with Gasteiger partial charge in [-0.3, -0.25) is 4.79 Å². The van der Waals surface area contributed by atoms with Crippen molar-refractivity contribution in [2.24, 2.45) is 5.92 Å². The number of nitrogens with one attached hydrogen (secondary N) is 1. The fraction of sp³-hybridized carbons (Fsp3) is 0.889. The smallest absolute Gasteiger partial charge is 0.304 e. The third-order valence-electron chi connectivity index (χ3n) is 1.75. The van der Waals surface area contributed by atoms with Crippen LogP contribution in [0.15, 0.2) is 0 Å². The summed E-state index contributed by atoms with van der Waals surface area (Å²) >= 11 is 1.82. The number of carboxylic acid groups (broad SMARTS) is 1. The largest absolute Gasteiger partial charge is 0.481 e. The molecule has 2 unspecified atom stereocenters. The van der Waals surface area contributed by atoms with Crippen LogP contribution in [-0.2, 0) is 4.79 Å². The Bertz CT molecular complexity index is 153. The van der Waals surface area contributed by atoms with Gasteiger partial charge in [0.25, 0.3) is 0 Å². The normalized spacial score (nSPS) is 15.3. The van der Waals surface area contributed by atoms with E-state index >= 15 is 0 Å². The molecule has 0 spiro atoms. The molecule has 0 aliphatic heterocycles. The van der Waals surface area contributed by atoms with Crippen molar-refractivity contribution in [3.8, 4) is 0 Å². The summed E-state index contributed by atoms with van der Waals surface area (Å²) in [6.07, 6.45) is 2.28. The molecule has 0 radical (unpaired) electrons. The molecule has 78 valence electrons. The third-order valence-corrected chi connectivity index (χ3v) is 2.65. The molecule has 0 heterocycles. The molecule has 0 aromatic carbocycles. The van der Waals surface area contributed by atoms with Crippen molar-refractivity contribution in [2.75, 3.05) is 18.6 Å². The minimum absolute atomic E-state index is 0.0711. The number of hydrogen-bond donors (Lipinski definition) is 2. The minimum atomic E-state index is -0.738. The number of carbonyl (C=O) groups is 1. The van der Waals surface area contributed by atoms with Crippen LogP contribution in [0.4, 0.5) is 0 Å². The highest BCUT2D eigenvalue weighted by Gasteiger charge is 2.08. The zero-order valence-electron chi connectivity index (χ0n) is 8.54. The van der Waals surface area contributed by atoms with Crippen LogP contribution in [0.5, 0.6) is 0 Å². The van der Waals surface area contributed by atoms with E-state index < -0.39 is 5.97 Å². The Morgan fingerprint density at radius 1 is 1.54 bits per heavy atom. The lowest BCUT2D eigenvalue weighted by atomic mass is 10.2. The second-order valence-electron chi connectivity index (χ2n) is 3.47. The molecule has 13 heavy (non-hydrogen) atoms. The van der Waals surface area contributed by atoms with Crippen molar-refractivity contribution in [3.63, 3.8) is 0 Å². The predicted octanol–water partition coefficient (Wildman–Crippen LogP) is 1.44. The molecule has 0 saturated carbocycles.